The van der Waals surface area contributed by atoms with Crippen LogP contribution >= 0.6 is 0 Å². The summed E-state index contributed by atoms with van der Waals surface area (Å²) >= 11 is 0. The zero-order chi connectivity index (χ0) is 13.1. The summed E-state index contributed by atoms with van der Waals surface area (Å²) in [6, 6.07) is 6.10. The molecule has 1 aliphatic rings. The van der Waals surface area contributed by atoms with Crippen LogP contribution in [0.15, 0.2) is 18.2 Å². The van der Waals surface area contributed by atoms with Gasteiger partial charge in [-0.3, -0.25) is 4.79 Å². The molecule has 1 aromatic carbocycles. The summed E-state index contributed by atoms with van der Waals surface area (Å²) in [5.41, 5.74) is 0.164. The third-order valence-corrected chi connectivity index (χ3v) is 2.92. The number of benzene rings is 1. The van der Waals surface area contributed by atoms with Gasteiger partial charge < -0.3 is 15.1 Å². The lowest BCUT2D eigenvalue weighted by atomic mass is 10.1. The van der Waals surface area contributed by atoms with Gasteiger partial charge in [-0.1, -0.05) is 0 Å². The topological polar surface area (TPSA) is 84.6 Å². The Kier molecular flexibility index (Phi) is 3.38. The van der Waals surface area contributed by atoms with E-state index in [1.165, 1.54) is 12.1 Å². The van der Waals surface area contributed by atoms with Crippen LogP contribution in [-0.4, -0.2) is 33.6 Å². The molecule has 0 heterocycles. The molecule has 5 heteroatoms. The highest BCUT2D eigenvalue weighted by molar-refractivity contribution is 5.97. The van der Waals surface area contributed by atoms with E-state index in [4.69, 9.17) is 5.26 Å². The van der Waals surface area contributed by atoms with Crippen molar-refractivity contribution in [3.05, 3.63) is 23.8 Å². The Balaban J connectivity index is 2.19. The molecule has 5 nitrogen and oxygen atoms in total. The standard InChI is InChI=1S/C13H14N2O3/c14-6-1-7-15(9-2-3-9)13(18)11-5-4-10(16)8-12(11)17/h4-5,8-9,16-17H,1-3,7H2. The molecule has 1 fully saturated rings. The average molecular weight is 246 g/mol. The summed E-state index contributed by atoms with van der Waals surface area (Å²) in [6.45, 7) is 0.375. The highest BCUT2D eigenvalue weighted by Gasteiger charge is 2.33. The lowest BCUT2D eigenvalue weighted by Crippen LogP contribution is -2.33. The number of rotatable bonds is 4. The second kappa shape index (κ2) is 4.96. The van der Waals surface area contributed by atoms with E-state index in [0.29, 0.717) is 6.54 Å². The Morgan fingerprint density at radius 1 is 1.44 bits per heavy atom. The molecule has 0 saturated heterocycles. The van der Waals surface area contributed by atoms with E-state index < -0.39 is 0 Å². The molecule has 0 spiro atoms. The van der Waals surface area contributed by atoms with Crippen LogP contribution in [0, 0.1) is 11.3 Å². The van der Waals surface area contributed by atoms with E-state index in [-0.39, 0.29) is 35.4 Å². The van der Waals surface area contributed by atoms with Gasteiger partial charge in [0.15, 0.2) is 0 Å². The number of phenolic OH excluding ortho intramolecular Hbond substituents is 2. The first-order valence-electron chi connectivity index (χ1n) is 5.83. The van der Waals surface area contributed by atoms with Gasteiger partial charge in [-0.15, -0.1) is 0 Å². The molecule has 18 heavy (non-hydrogen) atoms. The van der Waals surface area contributed by atoms with Crippen molar-refractivity contribution in [3.63, 3.8) is 0 Å². The zero-order valence-electron chi connectivity index (χ0n) is 9.83. The maximum atomic E-state index is 12.2. The van der Waals surface area contributed by atoms with Crippen molar-refractivity contribution in [1.82, 2.24) is 4.90 Å². The molecule has 0 radical (unpaired) electrons. The number of hydrogen-bond donors (Lipinski definition) is 2. The molecule has 0 aromatic heterocycles. The molecule has 1 aromatic rings. The Labute approximate surface area is 105 Å². The number of amides is 1. The normalized spacial score (nSPS) is 13.9. The number of phenols is 2. The quantitative estimate of drug-likeness (QED) is 0.845. The minimum absolute atomic E-state index is 0.0842. The number of aromatic hydroxyl groups is 2. The fourth-order valence-corrected chi connectivity index (χ4v) is 1.86. The molecule has 0 unspecified atom stereocenters. The lowest BCUT2D eigenvalue weighted by Gasteiger charge is -2.21. The number of nitriles is 1. The molecule has 2 rings (SSSR count). The summed E-state index contributed by atoms with van der Waals surface area (Å²) in [5.74, 6) is -0.605. The minimum Gasteiger partial charge on any atom is -0.508 e. The highest BCUT2D eigenvalue weighted by atomic mass is 16.3. The molecule has 2 N–H and O–H groups in total. The number of carbonyl (C=O) groups excluding carboxylic acids is 1. The lowest BCUT2D eigenvalue weighted by molar-refractivity contribution is 0.0744. The first-order chi connectivity index (χ1) is 8.63. The van der Waals surface area contributed by atoms with Gasteiger partial charge in [0.25, 0.3) is 5.91 Å². The van der Waals surface area contributed by atoms with Crippen LogP contribution in [0.4, 0.5) is 0 Å². The molecular weight excluding hydrogens is 232 g/mol. The molecule has 1 aliphatic carbocycles. The first kappa shape index (κ1) is 12.2. The van der Waals surface area contributed by atoms with Crippen molar-refractivity contribution in [2.45, 2.75) is 25.3 Å². The SMILES string of the molecule is N#CCCN(C(=O)c1ccc(O)cc1O)C1CC1. The fourth-order valence-electron chi connectivity index (χ4n) is 1.86. The van der Waals surface area contributed by atoms with Gasteiger partial charge in [-0.25, -0.2) is 0 Å². The molecule has 0 atom stereocenters. The average Bonchev–Trinajstić information content (AvgIpc) is 3.13. The monoisotopic (exact) mass is 246 g/mol. The summed E-state index contributed by atoms with van der Waals surface area (Å²) in [7, 11) is 0. The van der Waals surface area contributed by atoms with E-state index >= 15 is 0 Å². The zero-order valence-corrected chi connectivity index (χ0v) is 9.83. The predicted octanol–water partition coefficient (Wildman–Crippen LogP) is 1.62. The molecule has 0 bridgehead atoms. The van der Waals surface area contributed by atoms with Crippen LogP contribution in [0.25, 0.3) is 0 Å². The largest absolute Gasteiger partial charge is 0.508 e. The summed E-state index contributed by atoms with van der Waals surface area (Å²) in [6.07, 6.45) is 2.16. The van der Waals surface area contributed by atoms with Gasteiger partial charge in [0.1, 0.15) is 11.5 Å². The maximum absolute atomic E-state index is 12.2. The van der Waals surface area contributed by atoms with Crippen molar-refractivity contribution in [2.24, 2.45) is 0 Å². The van der Waals surface area contributed by atoms with E-state index in [9.17, 15) is 15.0 Å². The molecule has 94 valence electrons. The molecular formula is C13H14N2O3. The van der Waals surface area contributed by atoms with Crippen LogP contribution in [0.1, 0.15) is 29.6 Å². The van der Waals surface area contributed by atoms with Crippen LogP contribution in [0.2, 0.25) is 0 Å². The molecule has 1 saturated carbocycles. The molecule has 0 aliphatic heterocycles. The third-order valence-electron chi connectivity index (χ3n) is 2.92. The second-order valence-electron chi connectivity index (χ2n) is 4.34. The van der Waals surface area contributed by atoms with Crippen LogP contribution < -0.4 is 0 Å². The number of nitrogens with zero attached hydrogens (tertiary/aromatic N) is 2. The Hall–Kier alpha value is -2.22. The Bertz CT molecular complexity index is 503. The van der Waals surface area contributed by atoms with Gasteiger partial charge >= 0.3 is 0 Å². The van der Waals surface area contributed by atoms with Crippen molar-refractivity contribution >= 4 is 5.91 Å². The van der Waals surface area contributed by atoms with Gasteiger partial charge in [0, 0.05) is 18.7 Å². The summed E-state index contributed by atoms with van der Waals surface area (Å²) < 4.78 is 0. The van der Waals surface area contributed by atoms with E-state index in [1.807, 2.05) is 6.07 Å². The van der Waals surface area contributed by atoms with Gasteiger partial charge in [-0.2, -0.15) is 5.26 Å². The highest BCUT2D eigenvalue weighted by Crippen LogP contribution is 2.31. The van der Waals surface area contributed by atoms with Crippen LogP contribution in [0.5, 0.6) is 11.5 Å². The van der Waals surface area contributed by atoms with Gasteiger partial charge in [0.2, 0.25) is 0 Å². The van der Waals surface area contributed by atoms with Crippen molar-refractivity contribution in [1.29, 1.82) is 5.26 Å². The van der Waals surface area contributed by atoms with Gasteiger partial charge in [0.05, 0.1) is 18.1 Å². The summed E-state index contributed by atoms with van der Waals surface area (Å²) in [5, 5.41) is 27.4. The van der Waals surface area contributed by atoms with Crippen molar-refractivity contribution in [2.75, 3.05) is 6.54 Å². The first-order valence-corrected chi connectivity index (χ1v) is 5.83. The van der Waals surface area contributed by atoms with E-state index in [1.54, 1.807) is 4.90 Å². The summed E-state index contributed by atoms with van der Waals surface area (Å²) in [4.78, 5) is 13.9. The van der Waals surface area contributed by atoms with Crippen LogP contribution in [0.3, 0.4) is 0 Å². The van der Waals surface area contributed by atoms with Crippen molar-refractivity contribution in [3.8, 4) is 17.6 Å². The fraction of sp³-hybridized carbons (Fsp3) is 0.385. The minimum atomic E-state index is -0.287. The van der Waals surface area contributed by atoms with E-state index in [2.05, 4.69) is 0 Å². The van der Waals surface area contributed by atoms with Crippen molar-refractivity contribution < 1.29 is 15.0 Å². The number of carbonyl (C=O) groups is 1. The van der Waals surface area contributed by atoms with Gasteiger partial charge in [-0.05, 0) is 25.0 Å². The third kappa shape index (κ3) is 2.54. The van der Waals surface area contributed by atoms with E-state index in [0.717, 1.165) is 18.9 Å². The second-order valence-corrected chi connectivity index (χ2v) is 4.34. The Morgan fingerprint density at radius 3 is 2.72 bits per heavy atom. The predicted molar refractivity (Wildman–Crippen MR) is 64.1 cm³/mol. The van der Waals surface area contributed by atoms with Crippen LogP contribution in [-0.2, 0) is 0 Å². The smallest absolute Gasteiger partial charge is 0.257 e. The number of hydrogen-bond acceptors (Lipinski definition) is 4. The Morgan fingerprint density at radius 2 is 2.17 bits per heavy atom. The molecule has 1 amide bonds. The maximum Gasteiger partial charge on any atom is 0.257 e.